The smallest absolute Gasteiger partial charge is 0.338 e. The van der Waals surface area contributed by atoms with E-state index in [4.69, 9.17) is 4.74 Å². The van der Waals surface area contributed by atoms with Crippen molar-refractivity contribution >= 4 is 29.3 Å². The number of nitrogens with one attached hydrogen (secondary N) is 2. The molecule has 1 aromatic heterocycles. The van der Waals surface area contributed by atoms with Crippen LogP contribution in [0.15, 0.2) is 59.8 Å². The third kappa shape index (κ3) is 5.43. The number of aromatic nitrogens is 3. The average Bonchev–Trinajstić information content (AvgIpc) is 3.16. The standard InChI is InChI=1S/C20H20N4O3S/c1-13(2)27-19(26)15-9-6-10-16(11-15)21-17(25)12-28-20-22-18(23-24-20)14-7-4-3-5-8-14/h3-11,13H,12H2,1-2H3,(H,21,25)(H,22,23,24). The van der Waals surface area contributed by atoms with Gasteiger partial charge in [-0.3, -0.25) is 9.89 Å². The van der Waals surface area contributed by atoms with Gasteiger partial charge in [0.1, 0.15) is 0 Å². The molecule has 0 bridgehead atoms. The minimum absolute atomic E-state index is 0.146. The van der Waals surface area contributed by atoms with Crippen molar-refractivity contribution < 1.29 is 14.3 Å². The predicted molar refractivity (Wildman–Crippen MR) is 108 cm³/mol. The van der Waals surface area contributed by atoms with E-state index < -0.39 is 5.97 Å². The zero-order chi connectivity index (χ0) is 19.9. The zero-order valence-electron chi connectivity index (χ0n) is 15.5. The number of thioether (sulfide) groups is 1. The van der Waals surface area contributed by atoms with Crippen LogP contribution in [-0.2, 0) is 9.53 Å². The Labute approximate surface area is 166 Å². The van der Waals surface area contributed by atoms with Crippen molar-refractivity contribution in [2.45, 2.75) is 25.1 Å². The zero-order valence-corrected chi connectivity index (χ0v) is 16.3. The number of rotatable bonds is 7. The number of anilines is 1. The van der Waals surface area contributed by atoms with E-state index >= 15 is 0 Å². The molecule has 3 aromatic rings. The molecular weight excluding hydrogens is 376 g/mol. The normalized spacial score (nSPS) is 10.7. The molecule has 0 aliphatic heterocycles. The van der Waals surface area contributed by atoms with Gasteiger partial charge in [-0.25, -0.2) is 9.78 Å². The molecule has 0 spiro atoms. The van der Waals surface area contributed by atoms with E-state index in [1.54, 1.807) is 38.1 Å². The molecule has 28 heavy (non-hydrogen) atoms. The quantitative estimate of drug-likeness (QED) is 0.466. The Morgan fingerprint density at radius 1 is 1.14 bits per heavy atom. The molecule has 0 aliphatic carbocycles. The van der Waals surface area contributed by atoms with E-state index in [2.05, 4.69) is 20.5 Å². The molecule has 2 N–H and O–H groups in total. The monoisotopic (exact) mass is 396 g/mol. The topological polar surface area (TPSA) is 97.0 Å². The first-order chi connectivity index (χ1) is 13.5. The summed E-state index contributed by atoms with van der Waals surface area (Å²) in [4.78, 5) is 28.6. The van der Waals surface area contributed by atoms with Crippen molar-refractivity contribution in [1.29, 1.82) is 0 Å². The van der Waals surface area contributed by atoms with Crippen LogP contribution in [0.1, 0.15) is 24.2 Å². The Morgan fingerprint density at radius 3 is 2.68 bits per heavy atom. The van der Waals surface area contributed by atoms with E-state index in [1.807, 2.05) is 30.3 Å². The molecule has 1 heterocycles. The number of carbonyl (C=O) groups is 2. The number of benzene rings is 2. The van der Waals surface area contributed by atoms with Crippen molar-refractivity contribution in [3.63, 3.8) is 0 Å². The van der Waals surface area contributed by atoms with Crippen molar-refractivity contribution in [2.75, 3.05) is 11.1 Å². The Kier molecular flexibility index (Phi) is 6.44. The molecule has 1 amide bonds. The van der Waals surface area contributed by atoms with Gasteiger partial charge in [-0.1, -0.05) is 48.2 Å². The number of carbonyl (C=O) groups excluding carboxylic acids is 2. The second-order valence-electron chi connectivity index (χ2n) is 6.20. The van der Waals surface area contributed by atoms with E-state index in [-0.39, 0.29) is 17.8 Å². The average molecular weight is 396 g/mol. The van der Waals surface area contributed by atoms with E-state index in [9.17, 15) is 9.59 Å². The Balaban J connectivity index is 1.55. The molecule has 0 atom stereocenters. The van der Waals surface area contributed by atoms with Gasteiger partial charge in [-0.15, -0.1) is 5.10 Å². The lowest BCUT2D eigenvalue weighted by Crippen LogP contribution is -2.15. The van der Waals surface area contributed by atoms with Crippen molar-refractivity contribution in [2.24, 2.45) is 0 Å². The van der Waals surface area contributed by atoms with Gasteiger partial charge in [0, 0.05) is 11.3 Å². The molecule has 2 aromatic carbocycles. The summed E-state index contributed by atoms with van der Waals surface area (Å²) in [6.07, 6.45) is -0.204. The maximum atomic E-state index is 12.2. The SMILES string of the molecule is CC(C)OC(=O)c1cccc(NC(=O)CSc2n[nH]c(-c3ccccc3)n2)c1. The van der Waals surface area contributed by atoms with Crippen LogP contribution < -0.4 is 5.32 Å². The summed E-state index contributed by atoms with van der Waals surface area (Å²) < 4.78 is 5.16. The largest absolute Gasteiger partial charge is 0.459 e. The number of nitrogens with zero attached hydrogens (tertiary/aromatic N) is 2. The van der Waals surface area contributed by atoms with Gasteiger partial charge in [-0.2, -0.15) is 0 Å². The molecular formula is C20H20N4O3S. The molecule has 0 unspecified atom stereocenters. The van der Waals surface area contributed by atoms with Crippen LogP contribution in [0.2, 0.25) is 0 Å². The third-order valence-electron chi connectivity index (χ3n) is 3.57. The fourth-order valence-corrected chi connectivity index (χ4v) is 2.97. The van der Waals surface area contributed by atoms with Crippen LogP contribution in [0, 0.1) is 0 Å². The first-order valence-corrected chi connectivity index (χ1v) is 9.71. The molecule has 7 nitrogen and oxygen atoms in total. The summed E-state index contributed by atoms with van der Waals surface area (Å²) in [5.41, 5.74) is 1.85. The van der Waals surface area contributed by atoms with Crippen molar-refractivity contribution in [1.82, 2.24) is 15.2 Å². The van der Waals surface area contributed by atoms with Gasteiger partial charge >= 0.3 is 5.97 Å². The molecule has 0 saturated heterocycles. The number of ether oxygens (including phenoxy) is 1. The number of hydrogen-bond donors (Lipinski definition) is 2. The van der Waals surface area contributed by atoms with Crippen LogP contribution in [0.3, 0.4) is 0 Å². The lowest BCUT2D eigenvalue weighted by molar-refractivity contribution is -0.113. The Hall–Kier alpha value is -3.13. The van der Waals surface area contributed by atoms with Gasteiger partial charge in [0.2, 0.25) is 11.1 Å². The number of H-pyrrole nitrogens is 1. The van der Waals surface area contributed by atoms with Gasteiger partial charge in [0.05, 0.1) is 17.4 Å². The highest BCUT2D eigenvalue weighted by Gasteiger charge is 2.12. The first-order valence-electron chi connectivity index (χ1n) is 8.73. The highest BCUT2D eigenvalue weighted by Crippen LogP contribution is 2.19. The highest BCUT2D eigenvalue weighted by molar-refractivity contribution is 7.99. The van der Waals surface area contributed by atoms with Crippen LogP contribution in [0.5, 0.6) is 0 Å². The number of esters is 1. The van der Waals surface area contributed by atoms with Crippen LogP contribution in [-0.4, -0.2) is 38.9 Å². The molecule has 0 saturated carbocycles. The number of amides is 1. The maximum Gasteiger partial charge on any atom is 0.338 e. The lowest BCUT2D eigenvalue weighted by Gasteiger charge is -2.09. The van der Waals surface area contributed by atoms with Gasteiger partial charge in [0.25, 0.3) is 0 Å². The fraction of sp³-hybridized carbons (Fsp3) is 0.200. The predicted octanol–water partition coefficient (Wildman–Crippen LogP) is 3.77. The van der Waals surface area contributed by atoms with E-state index in [1.165, 1.54) is 11.8 Å². The minimum Gasteiger partial charge on any atom is -0.459 e. The molecule has 3 rings (SSSR count). The number of aromatic amines is 1. The summed E-state index contributed by atoms with van der Waals surface area (Å²) >= 11 is 1.23. The van der Waals surface area contributed by atoms with Crippen LogP contribution >= 0.6 is 11.8 Å². The maximum absolute atomic E-state index is 12.2. The number of hydrogen-bond acceptors (Lipinski definition) is 6. The molecule has 0 radical (unpaired) electrons. The summed E-state index contributed by atoms with van der Waals surface area (Å²) in [6.45, 7) is 3.57. The molecule has 0 aliphatic rings. The second kappa shape index (κ2) is 9.18. The van der Waals surface area contributed by atoms with Gasteiger partial charge in [0.15, 0.2) is 5.82 Å². The summed E-state index contributed by atoms with van der Waals surface area (Å²) in [5.74, 6) is 0.159. The van der Waals surface area contributed by atoms with E-state index in [0.717, 1.165) is 5.56 Å². The van der Waals surface area contributed by atoms with Crippen molar-refractivity contribution in [3.05, 3.63) is 60.2 Å². The molecule has 0 fully saturated rings. The first kappa shape index (κ1) is 19.6. The Bertz CT molecular complexity index is 957. The molecule has 144 valence electrons. The Morgan fingerprint density at radius 2 is 1.93 bits per heavy atom. The summed E-state index contributed by atoms with van der Waals surface area (Å²) in [6, 6.07) is 16.3. The fourth-order valence-electron chi connectivity index (χ4n) is 2.37. The summed E-state index contributed by atoms with van der Waals surface area (Å²) in [5, 5.41) is 10.2. The van der Waals surface area contributed by atoms with Crippen LogP contribution in [0.25, 0.3) is 11.4 Å². The summed E-state index contributed by atoms with van der Waals surface area (Å²) in [7, 11) is 0. The molecule has 8 heteroatoms. The highest BCUT2D eigenvalue weighted by atomic mass is 32.2. The lowest BCUT2D eigenvalue weighted by atomic mass is 10.2. The van der Waals surface area contributed by atoms with Crippen molar-refractivity contribution in [3.8, 4) is 11.4 Å². The van der Waals surface area contributed by atoms with E-state index in [0.29, 0.717) is 22.2 Å². The van der Waals surface area contributed by atoms with Gasteiger partial charge in [-0.05, 0) is 32.0 Å². The minimum atomic E-state index is -0.422. The second-order valence-corrected chi connectivity index (χ2v) is 7.15. The van der Waals surface area contributed by atoms with Crippen LogP contribution in [0.4, 0.5) is 5.69 Å². The third-order valence-corrected chi connectivity index (χ3v) is 4.42. The van der Waals surface area contributed by atoms with Gasteiger partial charge < -0.3 is 10.1 Å².